The molecule has 494 valence electrons. The molecule has 5 amide bonds. The smallest absolute Gasteiger partial charge is 0.258 e. The number of aromatic nitrogens is 6. The lowest BCUT2D eigenvalue weighted by Crippen LogP contribution is -2.44. The Morgan fingerprint density at radius 1 is 0.489 bits per heavy atom. The summed E-state index contributed by atoms with van der Waals surface area (Å²) < 4.78 is 33.6. The van der Waals surface area contributed by atoms with Crippen LogP contribution >= 0.6 is 0 Å². The molecule has 1 fully saturated rings. The molecule has 94 heavy (non-hydrogen) atoms. The molecule has 8 N–H and O–H groups in total. The minimum absolute atomic E-state index is 0.126. The second-order valence-corrected chi connectivity index (χ2v) is 22.3. The summed E-state index contributed by atoms with van der Waals surface area (Å²) in [4.78, 5) is 97.4. The molecule has 0 unspecified atom stereocenters. The number of aromatic amines is 2. The summed E-state index contributed by atoms with van der Waals surface area (Å²) in [5, 5.41) is 26.2. The number of aromatic hydroxyl groups is 1. The fraction of sp³-hybridized carbons (Fsp3) is 0.368. The van der Waals surface area contributed by atoms with Gasteiger partial charge in [-0.3, -0.25) is 24.0 Å². The van der Waals surface area contributed by atoms with E-state index in [4.69, 9.17) is 38.4 Å². The molecule has 26 heteroatoms. The van der Waals surface area contributed by atoms with E-state index in [2.05, 4.69) is 63.4 Å². The van der Waals surface area contributed by atoms with Crippen LogP contribution in [0.5, 0.6) is 17.5 Å². The van der Waals surface area contributed by atoms with Crippen LogP contribution in [-0.2, 0) is 38.1 Å². The Labute approximate surface area is 543 Å². The maximum absolute atomic E-state index is 14.4. The molecule has 0 atom stereocenters. The average molecular weight is 1290 g/mol. The van der Waals surface area contributed by atoms with E-state index in [1.54, 1.807) is 36.4 Å². The van der Waals surface area contributed by atoms with Gasteiger partial charge in [-0.25, -0.2) is 19.9 Å². The number of carbonyl (C=O) groups is 5. The Balaban J connectivity index is 0.667. The number of ether oxygens (including phenoxy) is 6. The average Bonchev–Trinajstić information content (AvgIpc) is 1.61. The third-order valence-corrected chi connectivity index (χ3v) is 15.5. The number of benzene rings is 5. The number of para-hydroxylation sites is 2. The van der Waals surface area contributed by atoms with Crippen molar-refractivity contribution in [3.8, 4) is 40.3 Å². The van der Waals surface area contributed by atoms with Crippen LogP contribution in [0.25, 0.3) is 66.6 Å². The van der Waals surface area contributed by atoms with E-state index in [1.807, 2.05) is 95.9 Å². The number of hydrogen-bond donors (Lipinski definition) is 8. The molecule has 1 saturated heterocycles. The van der Waals surface area contributed by atoms with E-state index < -0.39 is 0 Å². The number of likely N-dealkylation sites (N-methyl/N-ethyl adjacent to an activating group) is 1. The molecule has 0 radical (unpaired) electrons. The predicted octanol–water partition coefficient (Wildman–Crippen LogP) is 4.83. The lowest BCUT2D eigenvalue weighted by Gasteiger charge is -2.34. The summed E-state index contributed by atoms with van der Waals surface area (Å²) in [6, 6.07) is 39.1. The van der Waals surface area contributed by atoms with Crippen molar-refractivity contribution in [1.82, 2.24) is 66.3 Å². The van der Waals surface area contributed by atoms with Crippen LogP contribution in [0.2, 0.25) is 0 Å². The quantitative estimate of drug-likeness (QED) is 0.0242. The number of anilines is 1. The fourth-order valence-electron chi connectivity index (χ4n) is 10.4. The van der Waals surface area contributed by atoms with Crippen LogP contribution < -0.4 is 41.0 Å². The van der Waals surface area contributed by atoms with Crippen molar-refractivity contribution < 1.29 is 57.5 Å². The van der Waals surface area contributed by atoms with E-state index in [0.717, 1.165) is 75.8 Å². The zero-order valence-electron chi connectivity index (χ0n) is 52.7. The van der Waals surface area contributed by atoms with Crippen LogP contribution in [0.1, 0.15) is 23.2 Å². The van der Waals surface area contributed by atoms with Crippen molar-refractivity contribution in [2.24, 2.45) is 0 Å². The highest BCUT2D eigenvalue weighted by Crippen LogP contribution is 2.31. The Morgan fingerprint density at radius 3 is 1.56 bits per heavy atom. The maximum Gasteiger partial charge on any atom is 0.258 e. The first-order valence-electron chi connectivity index (χ1n) is 31.6. The highest BCUT2D eigenvalue weighted by molar-refractivity contribution is 6.07. The van der Waals surface area contributed by atoms with Gasteiger partial charge in [0.15, 0.2) is 13.2 Å². The van der Waals surface area contributed by atoms with Gasteiger partial charge in [-0.2, -0.15) is 0 Å². The number of amides is 5. The second-order valence-electron chi connectivity index (χ2n) is 22.3. The minimum atomic E-state index is -0.320. The molecule has 0 spiro atoms. The van der Waals surface area contributed by atoms with Crippen LogP contribution in [0.3, 0.4) is 0 Å². The van der Waals surface area contributed by atoms with Crippen molar-refractivity contribution in [2.75, 3.05) is 157 Å². The highest BCUT2D eigenvalue weighted by atomic mass is 16.5. The third-order valence-electron chi connectivity index (χ3n) is 15.5. The largest absolute Gasteiger partial charge is 0.508 e. The molecule has 9 aromatic rings. The molecule has 10 rings (SSSR count). The fourth-order valence-corrected chi connectivity index (χ4v) is 10.4. The number of hydrogen-bond acceptors (Lipinski definition) is 19. The van der Waals surface area contributed by atoms with Crippen LogP contribution in [0.15, 0.2) is 127 Å². The molecular weight excluding hydrogens is 1200 g/mol. The topological polar surface area (TPSA) is 314 Å². The third kappa shape index (κ3) is 20.3. The minimum Gasteiger partial charge on any atom is -0.508 e. The number of nitrogens with zero attached hydrogens (tertiary/aromatic N) is 7. The second kappa shape index (κ2) is 34.7. The molecule has 0 saturated carbocycles. The summed E-state index contributed by atoms with van der Waals surface area (Å²) in [6.45, 7) is 7.45. The summed E-state index contributed by atoms with van der Waals surface area (Å²) in [5.74, 6) is 0.810. The van der Waals surface area contributed by atoms with E-state index >= 15 is 0 Å². The number of fused-ring (bicyclic) bond motifs is 4. The van der Waals surface area contributed by atoms with E-state index in [1.165, 1.54) is 0 Å². The summed E-state index contributed by atoms with van der Waals surface area (Å²) in [6.07, 6.45) is 0.252. The number of rotatable bonds is 37. The Hall–Kier alpha value is -9.83. The predicted molar refractivity (Wildman–Crippen MR) is 356 cm³/mol. The van der Waals surface area contributed by atoms with Gasteiger partial charge in [0, 0.05) is 131 Å². The van der Waals surface area contributed by atoms with Crippen molar-refractivity contribution in [3.05, 3.63) is 133 Å². The molecule has 0 bridgehead atoms. The Morgan fingerprint density at radius 2 is 1.00 bits per heavy atom. The SMILES string of the molecule is CN1CCN(c2cc(C(=O)NCCN(CCC(=O)NCCOCCOCCNC(=O)COc3ccc4ccccc4n3)CCC(=O)NCCOCCOCCNC(=O)COc3ccc4ccccc4n3)c3nc(-c4ccc5nc(-c6ccc(O)cc6)[nH]c5c4)[nH]c3c2)CC1. The number of H-pyrrole nitrogens is 2. The van der Waals surface area contributed by atoms with Crippen LogP contribution in [0.4, 0.5) is 5.69 Å². The molecular formula is C68H80N14O12. The van der Waals surface area contributed by atoms with Crippen LogP contribution in [-0.4, -0.2) is 226 Å². The Bertz CT molecular complexity index is 3840. The molecule has 5 heterocycles. The summed E-state index contributed by atoms with van der Waals surface area (Å²) in [7, 11) is 2.09. The molecule has 0 aliphatic carbocycles. The number of phenols is 1. The summed E-state index contributed by atoms with van der Waals surface area (Å²) >= 11 is 0. The first-order chi connectivity index (χ1) is 46.0. The first kappa shape index (κ1) is 67.1. The number of imidazole rings is 2. The molecule has 5 aromatic carbocycles. The van der Waals surface area contributed by atoms with Gasteiger partial charge in [0.2, 0.25) is 23.6 Å². The number of piperazine rings is 1. The van der Waals surface area contributed by atoms with Gasteiger partial charge in [-0.15, -0.1) is 0 Å². The van der Waals surface area contributed by atoms with Crippen molar-refractivity contribution in [1.29, 1.82) is 0 Å². The monoisotopic (exact) mass is 1280 g/mol. The summed E-state index contributed by atoms with van der Waals surface area (Å²) in [5.41, 5.74) is 7.25. The zero-order valence-corrected chi connectivity index (χ0v) is 52.7. The van der Waals surface area contributed by atoms with Gasteiger partial charge < -0.3 is 84.8 Å². The van der Waals surface area contributed by atoms with E-state index in [0.29, 0.717) is 85.9 Å². The van der Waals surface area contributed by atoms with Crippen molar-refractivity contribution >= 4 is 79.1 Å². The number of carbonyl (C=O) groups excluding carboxylic acids is 5. The highest BCUT2D eigenvalue weighted by Gasteiger charge is 2.22. The van der Waals surface area contributed by atoms with Crippen LogP contribution in [0, 0.1) is 0 Å². The Kier molecular flexibility index (Phi) is 24.8. The standard InChI is InChI=1S/C68H80N14O12/c1-80-30-32-82(33-31-80)51-43-53(65-58(44-51)78-67(79-65)50-12-17-56-57(42-50)77-66(76-56)49-10-15-52(83)16-11-49)68(88)73-22-29-81(27-20-59(84)69-23-34-89-38-40-91-36-25-71-61(86)45-93-63-18-13-47-6-2-4-8-54(47)74-63)28-21-60(85)70-24-35-90-39-41-92-37-26-72-62(87)46-94-64-19-14-48-7-3-5-9-55(48)75-64/h2-19,42-44,83H,20-41,45-46H2,1H3,(H,69,84)(H,70,85)(H,71,86)(H,72,87)(H,73,88)(H,76,77)(H,78,79). The zero-order chi connectivity index (χ0) is 65.3. The molecule has 1 aliphatic heterocycles. The van der Waals surface area contributed by atoms with E-state index in [-0.39, 0.29) is 121 Å². The lowest BCUT2D eigenvalue weighted by atomic mass is 10.1. The van der Waals surface area contributed by atoms with Crippen molar-refractivity contribution in [2.45, 2.75) is 12.8 Å². The van der Waals surface area contributed by atoms with Gasteiger partial charge in [0.1, 0.15) is 22.9 Å². The number of nitrogens with one attached hydrogen (secondary N) is 7. The lowest BCUT2D eigenvalue weighted by molar-refractivity contribution is -0.124. The number of phenolic OH excluding ortho intramolecular Hbond substituents is 1. The first-order valence-corrected chi connectivity index (χ1v) is 31.6. The number of pyridine rings is 2. The molecule has 1 aliphatic rings. The van der Waals surface area contributed by atoms with Gasteiger partial charge in [0.25, 0.3) is 17.7 Å². The van der Waals surface area contributed by atoms with Gasteiger partial charge in [-0.1, -0.05) is 36.4 Å². The maximum atomic E-state index is 14.4. The van der Waals surface area contributed by atoms with Gasteiger partial charge in [-0.05, 0) is 85.9 Å². The normalized spacial score (nSPS) is 12.6. The van der Waals surface area contributed by atoms with Gasteiger partial charge >= 0.3 is 0 Å². The molecule has 4 aromatic heterocycles. The van der Waals surface area contributed by atoms with Gasteiger partial charge in [0.05, 0.1) is 86.0 Å². The van der Waals surface area contributed by atoms with E-state index in [9.17, 15) is 29.1 Å². The van der Waals surface area contributed by atoms with Crippen molar-refractivity contribution in [3.63, 3.8) is 0 Å². The molecule has 26 nitrogen and oxygen atoms in total.